The van der Waals surface area contributed by atoms with E-state index in [1.54, 1.807) is 54.6 Å². The van der Waals surface area contributed by atoms with Gasteiger partial charge < -0.3 is 26.6 Å². The van der Waals surface area contributed by atoms with Crippen LogP contribution in [0.2, 0.25) is 0 Å². The Morgan fingerprint density at radius 3 is 2.33 bits per heavy atom. The number of nitrogens with zero attached hydrogens (tertiary/aromatic N) is 2. The molecule has 0 saturated carbocycles. The molecule has 0 bridgehead atoms. The van der Waals surface area contributed by atoms with E-state index in [4.69, 9.17) is 11.0 Å². The Morgan fingerprint density at radius 1 is 1.00 bits per heavy atom. The fourth-order valence-corrected chi connectivity index (χ4v) is 3.39. The van der Waals surface area contributed by atoms with Crippen LogP contribution in [0, 0.1) is 11.3 Å². The molecule has 0 saturated heterocycles. The minimum absolute atomic E-state index is 0.207. The second-order valence-electron chi connectivity index (χ2n) is 8.45. The van der Waals surface area contributed by atoms with Crippen molar-refractivity contribution in [2.24, 2.45) is 0 Å². The molecule has 0 aromatic heterocycles. The van der Waals surface area contributed by atoms with Gasteiger partial charge in [0.05, 0.1) is 23.0 Å². The smallest absolute Gasteiger partial charge is 0.248 e. The fraction of sp³-hybridized carbons (Fsp3) is 0.179. The summed E-state index contributed by atoms with van der Waals surface area (Å²) in [5.74, 6) is -0.497. The summed E-state index contributed by atoms with van der Waals surface area (Å²) in [7, 11) is 3.94. The van der Waals surface area contributed by atoms with E-state index in [2.05, 4.69) is 22.0 Å². The molecule has 0 radical (unpaired) electrons. The molecular weight excluding hydrogens is 452 g/mol. The quantitative estimate of drug-likeness (QED) is 0.259. The van der Waals surface area contributed by atoms with Gasteiger partial charge in [-0.25, -0.2) is 0 Å². The average Bonchev–Trinajstić information content (AvgIpc) is 2.87. The molecule has 1 unspecified atom stereocenters. The van der Waals surface area contributed by atoms with E-state index in [-0.39, 0.29) is 11.8 Å². The van der Waals surface area contributed by atoms with Crippen LogP contribution >= 0.6 is 0 Å². The Labute approximate surface area is 211 Å². The highest BCUT2D eigenvalue weighted by molar-refractivity contribution is 6.03. The summed E-state index contributed by atoms with van der Waals surface area (Å²) >= 11 is 0. The van der Waals surface area contributed by atoms with Crippen molar-refractivity contribution in [2.75, 3.05) is 43.6 Å². The number of likely N-dealkylation sites (N-methyl/N-ethyl adjacent to an activating group) is 1. The summed E-state index contributed by atoms with van der Waals surface area (Å²) < 4.78 is 0. The monoisotopic (exact) mass is 482 g/mol. The zero-order chi connectivity index (χ0) is 25.9. The maximum absolute atomic E-state index is 13.1. The Bertz CT molecular complexity index is 1240. The molecule has 184 valence electrons. The van der Waals surface area contributed by atoms with Crippen LogP contribution in [0.5, 0.6) is 0 Å². The summed E-state index contributed by atoms with van der Waals surface area (Å²) in [5.41, 5.74) is 9.66. The first-order valence-corrected chi connectivity index (χ1v) is 11.5. The molecule has 3 aromatic rings. The van der Waals surface area contributed by atoms with Gasteiger partial charge in [0.25, 0.3) is 0 Å². The lowest BCUT2D eigenvalue weighted by Crippen LogP contribution is -2.36. The van der Waals surface area contributed by atoms with Gasteiger partial charge in [-0.1, -0.05) is 36.4 Å². The van der Waals surface area contributed by atoms with E-state index in [9.17, 15) is 9.59 Å². The number of amides is 2. The number of nitrogen functional groups attached to an aromatic ring is 1. The maximum atomic E-state index is 13.1. The first-order valence-electron chi connectivity index (χ1n) is 11.5. The van der Waals surface area contributed by atoms with Crippen molar-refractivity contribution >= 4 is 35.0 Å². The Morgan fingerprint density at radius 2 is 1.69 bits per heavy atom. The van der Waals surface area contributed by atoms with E-state index < -0.39 is 6.04 Å². The van der Waals surface area contributed by atoms with E-state index >= 15 is 0 Å². The van der Waals surface area contributed by atoms with Crippen LogP contribution in [-0.4, -0.2) is 43.9 Å². The summed E-state index contributed by atoms with van der Waals surface area (Å²) in [4.78, 5) is 27.4. The van der Waals surface area contributed by atoms with Gasteiger partial charge in [-0.3, -0.25) is 9.59 Å². The molecule has 0 aliphatic rings. The molecule has 36 heavy (non-hydrogen) atoms. The molecular formula is C28H30N6O2. The third-order valence-electron chi connectivity index (χ3n) is 5.37. The topological polar surface area (TPSA) is 123 Å². The summed E-state index contributed by atoms with van der Waals surface area (Å²) in [6.45, 7) is 1.38. The van der Waals surface area contributed by atoms with Gasteiger partial charge in [0.2, 0.25) is 11.8 Å². The number of benzene rings is 3. The molecule has 8 nitrogen and oxygen atoms in total. The van der Waals surface area contributed by atoms with Crippen LogP contribution in [0.4, 0.5) is 17.1 Å². The van der Waals surface area contributed by atoms with E-state index in [1.807, 2.05) is 43.3 Å². The Balaban J connectivity index is 1.69. The molecule has 5 N–H and O–H groups in total. The molecule has 3 aromatic carbocycles. The van der Waals surface area contributed by atoms with Gasteiger partial charge in [-0.15, -0.1) is 0 Å². The lowest BCUT2D eigenvalue weighted by molar-refractivity contribution is -0.118. The van der Waals surface area contributed by atoms with Crippen LogP contribution in [0.25, 0.3) is 6.08 Å². The van der Waals surface area contributed by atoms with Crippen LogP contribution in [-0.2, 0) is 9.59 Å². The van der Waals surface area contributed by atoms with Gasteiger partial charge in [0.15, 0.2) is 0 Å². The van der Waals surface area contributed by atoms with E-state index in [0.717, 1.165) is 17.7 Å². The predicted octanol–water partition coefficient (Wildman–Crippen LogP) is 3.62. The molecule has 8 heteroatoms. The van der Waals surface area contributed by atoms with Crippen LogP contribution in [0.1, 0.15) is 22.7 Å². The van der Waals surface area contributed by atoms with Gasteiger partial charge in [-0.2, -0.15) is 5.26 Å². The Kier molecular flexibility index (Phi) is 9.34. The number of rotatable bonds is 10. The molecule has 3 rings (SSSR count). The summed E-state index contributed by atoms with van der Waals surface area (Å²) in [6, 6.07) is 22.7. The van der Waals surface area contributed by atoms with Gasteiger partial charge in [-0.05, 0) is 67.7 Å². The highest BCUT2D eigenvalue weighted by Crippen LogP contribution is 2.19. The number of carbonyl (C=O) groups excluding carboxylic acids is 2. The van der Waals surface area contributed by atoms with Gasteiger partial charge in [0, 0.05) is 24.9 Å². The maximum Gasteiger partial charge on any atom is 0.248 e. The van der Waals surface area contributed by atoms with Crippen molar-refractivity contribution in [3.05, 3.63) is 95.6 Å². The number of hydrogen-bond acceptors (Lipinski definition) is 6. The number of nitrogens with two attached hydrogens (primary N) is 1. The third kappa shape index (κ3) is 7.81. The van der Waals surface area contributed by atoms with E-state index in [0.29, 0.717) is 29.2 Å². The lowest BCUT2D eigenvalue weighted by Gasteiger charge is -2.20. The number of nitriles is 1. The molecule has 1 atom stereocenters. The zero-order valence-corrected chi connectivity index (χ0v) is 20.4. The lowest BCUT2D eigenvalue weighted by atomic mass is 10.0. The average molecular weight is 483 g/mol. The van der Waals surface area contributed by atoms with Crippen molar-refractivity contribution in [1.29, 1.82) is 5.26 Å². The second-order valence-corrected chi connectivity index (χ2v) is 8.45. The summed E-state index contributed by atoms with van der Waals surface area (Å²) in [5, 5.41) is 17.9. The zero-order valence-electron chi connectivity index (χ0n) is 20.4. The van der Waals surface area contributed by atoms with Crippen LogP contribution < -0.4 is 21.7 Å². The second kappa shape index (κ2) is 12.9. The number of anilines is 3. The normalized spacial score (nSPS) is 11.7. The number of para-hydroxylation sites is 2. The largest absolute Gasteiger partial charge is 0.397 e. The number of nitrogens with one attached hydrogen (secondary N) is 3. The number of carbonyl (C=O) groups is 2. The van der Waals surface area contributed by atoms with Gasteiger partial charge in [0.1, 0.15) is 6.04 Å². The molecule has 0 heterocycles. The van der Waals surface area contributed by atoms with Gasteiger partial charge >= 0.3 is 0 Å². The molecule has 0 aliphatic carbocycles. The minimum Gasteiger partial charge on any atom is -0.397 e. The van der Waals surface area contributed by atoms with Crippen LogP contribution in [0.3, 0.4) is 0 Å². The predicted molar refractivity (Wildman–Crippen MR) is 144 cm³/mol. The minimum atomic E-state index is -0.581. The van der Waals surface area contributed by atoms with Crippen molar-refractivity contribution in [2.45, 2.75) is 6.04 Å². The molecule has 0 fully saturated rings. The first-order chi connectivity index (χ1) is 17.4. The standard InChI is InChI=1S/C28H30N6O2/c1-34(2)18-17-31-27(28(36)32-23-14-9-21(19-29)10-15-23)22-12-7-20(8-13-22)11-16-26(35)33-25-6-4-3-5-24(25)30/h3-16,27,31H,17-18,30H2,1-2H3,(H,32,36)(H,33,35)/b16-11+. The van der Waals surface area contributed by atoms with Crippen LogP contribution in [0.15, 0.2) is 78.9 Å². The molecule has 2 amide bonds. The highest BCUT2D eigenvalue weighted by atomic mass is 16.2. The fourth-order valence-electron chi connectivity index (χ4n) is 3.39. The van der Waals surface area contributed by atoms with Crippen molar-refractivity contribution in [1.82, 2.24) is 10.2 Å². The van der Waals surface area contributed by atoms with Crippen molar-refractivity contribution in [3.8, 4) is 6.07 Å². The highest BCUT2D eigenvalue weighted by Gasteiger charge is 2.20. The molecule has 0 aliphatic heterocycles. The van der Waals surface area contributed by atoms with E-state index in [1.165, 1.54) is 6.08 Å². The number of hydrogen-bond donors (Lipinski definition) is 4. The van der Waals surface area contributed by atoms with Crippen molar-refractivity contribution < 1.29 is 9.59 Å². The van der Waals surface area contributed by atoms with Crippen molar-refractivity contribution in [3.63, 3.8) is 0 Å². The SMILES string of the molecule is CN(C)CCNC(C(=O)Nc1ccc(C#N)cc1)c1ccc(/C=C/C(=O)Nc2ccccc2N)cc1. The first kappa shape index (κ1) is 26.2. The summed E-state index contributed by atoms with van der Waals surface area (Å²) in [6.07, 6.45) is 3.13. The Hall–Kier alpha value is -4.45. The third-order valence-corrected chi connectivity index (χ3v) is 5.37. The molecule has 0 spiro atoms.